The lowest BCUT2D eigenvalue weighted by atomic mass is 9.99. The maximum Gasteiger partial charge on any atom is -0.00880 e. The quantitative estimate of drug-likeness (QED) is 0.633. The number of fused-ring (bicyclic) bond motifs is 1. The van der Waals surface area contributed by atoms with Crippen molar-refractivity contribution in [3.05, 3.63) is 65.2 Å². The summed E-state index contributed by atoms with van der Waals surface area (Å²) >= 11 is 0. The van der Waals surface area contributed by atoms with E-state index >= 15 is 0 Å². The minimum atomic E-state index is 1.08. The van der Waals surface area contributed by atoms with Crippen molar-refractivity contribution >= 4 is 6.08 Å². The summed E-state index contributed by atoms with van der Waals surface area (Å²) in [5.74, 6) is 0. The van der Waals surface area contributed by atoms with Gasteiger partial charge in [-0.15, -0.1) is 0 Å². The molecule has 0 atom stereocenters. The van der Waals surface area contributed by atoms with E-state index in [1.165, 1.54) is 27.8 Å². The number of aryl methyl sites for hydroxylation is 1. The Morgan fingerprint density at radius 2 is 1.67 bits per heavy atom. The number of benzene rings is 2. The average Bonchev–Trinajstić information content (AvgIpc) is 2.88. The minimum absolute atomic E-state index is 1.08. The third-order valence-corrected chi connectivity index (χ3v) is 3.13. The predicted octanol–water partition coefficient (Wildman–Crippen LogP) is 5.26. The first-order chi connectivity index (χ1) is 8.83. The van der Waals surface area contributed by atoms with Crippen LogP contribution in [0.5, 0.6) is 0 Å². The summed E-state index contributed by atoms with van der Waals surface area (Å²) in [6.07, 6.45) is 5.51. The molecule has 0 unspecified atom stereocenters. The predicted molar refractivity (Wildman–Crippen MR) is 80.7 cm³/mol. The maximum absolute atomic E-state index is 2.31. The van der Waals surface area contributed by atoms with E-state index < -0.39 is 0 Å². The van der Waals surface area contributed by atoms with Gasteiger partial charge in [-0.2, -0.15) is 0 Å². The van der Waals surface area contributed by atoms with E-state index in [0.29, 0.717) is 0 Å². The van der Waals surface area contributed by atoms with Crippen molar-refractivity contribution in [1.82, 2.24) is 0 Å². The van der Waals surface area contributed by atoms with Gasteiger partial charge < -0.3 is 0 Å². The zero-order valence-corrected chi connectivity index (χ0v) is 11.4. The number of allylic oxidation sites excluding steroid dienone is 1. The van der Waals surface area contributed by atoms with Crippen LogP contribution in [0.1, 0.15) is 30.5 Å². The highest BCUT2D eigenvalue weighted by Gasteiger charge is 2.06. The third-order valence-electron chi connectivity index (χ3n) is 3.13. The molecule has 0 heterocycles. The van der Waals surface area contributed by atoms with Crippen molar-refractivity contribution in [3.63, 3.8) is 0 Å². The molecule has 18 heavy (non-hydrogen) atoms. The summed E-state index contributed by atoms with van der Waals surface area (Å²) in [6, 6.07) is 15.4. The second kappa shape index (κ2) is 5.68. The smallest absolute Gasteiger partial charge is 0.00880 e. The van der Waals surface area contributed by atoms with E-state index in [0.717, 1.165) is 6.42 Å². The molecule has 92 valence electrons. The van der Waals surface area contributed by atoms with Crippen LogP contribution in [-0.4, -0.2) is 0 Å². The zero-order chi connectivity index (χ0) is 13.0. The van der Waals surface area contributed by atoms with E-state index in [4.69, 9.17) is 0 Å². The molecule has 0 spiro atoms. The van der Waals surface area contributed by atoms with Crippen LogP contribution < -0.4 is 0 Å². The molecule has 2 aromatic rings. The first kappa shape index (κ1) is 12.6. The first-order valence-corrected chi connectivity index (χ1v) is 6.69. The summed E-state index contributed by atoms with van der Waals surface area (Å²) in [7, 11) is 0. The van der Waals surface area contributed by atoms with Crippen LogP contribution in [0.2, 0.25) is 0 Å². The van der Waals surface area contributed by atoms with E-state index in [1.807, 2.05) is 13.8 Å². The summed E-state index contributed by atoms with van der Waals surface area (Å²) in [5.41, 5.74) is 6.77. The van der Waals surface area contributed by atoms with E-state index in [-0.39, 0.29) is 0 Å². The molecule has 0 radical (unpaired) electrons. The molecule has 0 heteroatoms. The van der Waals surface area contributed by atoms with Crippen LogP contribution in [0.4, 0.5) is 0 Å². The minimum Gasteiger partial charge on any atom is -0.0795 e. The highest BCUT2D eigenvalue weighted by Crippen LogP contribution is 2.27. The van der Waals surface area contributed by atoms with Gasteiger partial charge >= 0.3 is 0 Å². The molecule has 0 saturated heterocycles. The second-order valence-corrected chi connectivity index (χ2v) is 4.39. The molecular formula is C18H20. The largest absolute Gasteiger partial charge is 0.0795 e. The van der Waals surface area contributed by atoms with Crippen LogP contribution >= 0.6 is 0 Å². The molecule has 1 aliphatic rings. The number of hydrogen-bond donors (Lipinski definition) is 0. The fourth-order valence-corrected chi connectivity index (χ4v) is 2.26. The third kappa shape index (κ3) is 2.53. The lowest BCUT2D eigenvalue weighted by Crippen LogP contribution is -1.85. The van der Waals surface area contributed by atoms with E-state index in [9.17, 15) is 0 Å². The van der Waals surface area contributed by atoms with Gasteiger partial charge in [0, 0.05) is 0 Å². The summed E-state index contributed by atoms with van der Waals surface area (Å²) < 4.78 is 0. The van der Waals surface area contributed by atoms with Gasteiger partial charge in [-0.25, -0.2) is 0 Å². The average molecular weight is 236 g/mol. The number of hydrogen-bond acceptors (Lipinski definition) is 0. The molecule has 0 amide bonds. The summed E-state index contributed by atoms with van der Waals surface area (Å²) in [6.45, 7) is 6.14. The molecule has 0 saturated carbocycles. The highest BCUT2D eigenvalue weighted by molar-refractivity contribution is 5.70. The first-order valence-electron chi connectivity index (χ1n) is 6.69. The molecule has 0 aliphatic heterocycles. The van der Waals surface area contributed by atoms with Gasteiger partial charge in [-0.3, -0.25) is 0 Å². The molecule has 0 N–H and O–H groups in total. The van der Waals surface area contributed by atoms with Crippen LogP contribution in [-0.2, 0) is 6.42 Å². The standard InChI is InChI=1S/C16H14.C2H6/c1-12-4-2-6-14(10-12)16-9-8-13-5-3-7-15(13)11-16;1-2/h2-6,8-11H,7H2,1H3;1-2H3. The lowest BCUT2D eigenvalue weighted by molar-refractivity contribution is 1.31. The van der Waals surface area contributed by atoms with E-state index in [1.54, 1.807) is 0 Å². The topological polar surface area (TPSA) is 0 Å². The van der Waals surface area contributed by atoms with Gasteiger partial charge in [0.05, 0.1) is 0 Å². The molecule has 1 aliphatic carbocycles. The molecule has 0 fully saturated rings. The molecule has 2 aromatic carbocycles. The van der Waals surface area contributed by atoms with Gasteiger partial charge in [0.25, 0.3) is 0 Å². The molecular weight excluding hydrogens is 216 g/mol. The van der Waals surface area contributed by atoms with Crippen molar-refractivity contribution in [2.45, 2.75) is 27.2 Å². The zero-order valence-electron chi connectivity index (χ0n) is 11.4. The van der Waals surface area contributed by atoms with Crippen LogP contribution in [0.15, 0.2) is 48.5 Å². The van der Waals surface area contributed by atoms with Crippen LogP contribution in [0, 0.1) is 6.92 Å². The van der Waals surface area contributed by atoms with Crippen LogP contribution in [0.3, 0.4) is 0 Å². The normalized spacial score (nSPS) is 11.7. The lowest BCUT2D eigenvalue weighted by Gasteiger charge is -2.06. The van der Waals surface area contributed by atoms with Gasteiger partial charge in [0.15, 0.2) is 0 Å². The van der Waals surface area contributed by atoms with Crippen molar-refractivity contribution in [1.29, 1.82) is 0 Å². The molecule has 0 aromatic heterocycles. The van der Waals surface area contributed by atoms with Gasteiger partial charge in [0.2, 0.25) is 0 Å². The summed E-state index contributed by atoms with van der Waals surface area (Å²) in [5, 5.41) is 0. The fourth-order valence-electron chi connectivity index (χ4n) is 2.26. The maximum atomic E-state index is 2.31. The second-order valence-electron chi connectivity index (χ2n) is 4.39. The fraction of sp³-hybridized carbons (Fsp3) is 0.222. The highest BCUT2D eigenvalue weighted by atomic mass is 14.1. The van der Waals surface area contributed by atoms with Gasteiger partial charge in [-0.1, -0.05) is 74.0 Å². The Morgan fingerprint density at radius 3 is 2.44 bits per heavy atom. The van der Waals surface area contributed by atoms with Crippen LogP contribution in [0.25, 0.3) is 17.2 Å². The Bertz CT molecular complexity index is 562. The Labute approximate surface area is 110 Å². The SMILES string of the molecule is CC.Cc1cccc(-c2ccc3c(c2)CC=C3)c1. The monoisotopic (exact) mass is 236 g/mol. The molecule has 3 rings (SSSR count). The van der Waals surface area contributed by atoms with Crippen molar-refractivity contribution in [2.24, 2.45) is 0 Å². The van der Waals surface area contributed by atoms with Crippen molar-refractivity contribution in [2.75, 3.05) is 0 Å². The Balaban J connectivity index is 0.000000574. The Morgan fingerprint density at radius 1 is 0.889 bits per heavy atom. The molecule has 0 bridgehead atoms. The summed E-state index contributed by atoms with van der Waals surface area (Å²) in [4.78, 5) is 0. The van der Waals surface area contributed by atoms with E-state index in [2.05, 4.69) is 61.5 Å². The number of rotatable bonds is 1. The van der Waals surface area contributed by atoms with Crippen molar-refractivity contribution in [3.8, 4) is 11.1 Å². The van der Waals surface area contributed by atoms with Gasteiger partial charge in [0.1, 0.15) is 0 Å². The Hall–Kier alpha value is -1.82. The Kier molecular flexibility index (Phi) is 3.99. The molecule has 0 nitrogen and oxygen atoms in total. The van der Waals surface area contributed by atoms with Crippen molar-refractivity contribution < 1.29 is 0 Å². The van der Waals surface area contributed by atoms with Gasteiger partial charge in [-0.05, 0) is 35.6 Å².